The number of pyridine rings is 1. The van der Waals surface area contributed by atoms with E-state index in [1.165, 1.54) is 67.3 Å². The Morgan fingerprint density at radius 2 is 2.04 bits per heavy atom. The summed E-state index contributed by atoms with van der Waals surface area (Å²) in [5.41, 5.74) is 6.15. The van der Waals surface area contributed by atoms with E-state index in [1.807, 2.05) is 12.3 Å². The first-order valence-electron chi connectivity index (χ1n) is 10.5. The van der Waals surface area contributed by atoms with Crippen molar-refractivity contribution in [1.82, 2.24) is 14.9 Å². The van der Waals surface area contributed by atoms with Gasteiger partial charge in [-0.05, 0) is 81.1 Å². The van der Waals surface area contributed by atoms with Crippen LogP contribution in [0.4, 0.5) is 0 Å². The molecule has 28 heavy (non-hydrogen) atoms. The van der Waals surface area contributed by atoms with Crippen LogP contribution in [-0.2, 0) is 0 Å². The molecule has 1 aliphatic rings. The lowest BCUT2D eigenvalue weighted by Gasteiger charge is -2.32. The summed E-state index contributed by atoms with van der Waals surface area (Å²) in [5, 5.41) is 1.32. The minimum Gasteiger partial charge on any atom is -0.494 e. The van der Waals surface area contributed by atoms with Gasteiger partial charge >= 0.3 is 0 Å². The van der Waals surface area contributed by atoms with Crippen LogP contribution in [0.2, 0.25) is 0 Å². The molecule has 4 heteroatoms. The summed E-state index contributed by atoms with van der Waals surface area (Å²) in [6.45, 7) is 8.20. The third kappa shape index (κ3) is 3.66. The summed E-state index contributed by atoms with van der Waals surface area (Å²) in [4.78, 5) is 10.4. The number of aromatic amines is 1. The number of fused-ring (bicyclic) bond motifs is 1. The van der Waals surface area contributed by atoms with Crippen LogP contribution in [0.1, 0.15) is 49.7 Å². The third-order valence-corrected chi connectivity index (χ3v) is 6.24. The maximum absolute atomic E-state index is 5.52. The smallest absolute Gasteiger partial charge is 0.146 e. The number of H-pyrrole nitrogens is 1. The molecular formula is C24H31N3O. The second-order valence-electron chi connectivity index (χ2n) is 7.98. The Hall–Kier alpha value is -2.33. The maximum Gasteiger partial charge on any atom is 0.146 e. The van der Waals surface area contributed by atoms with Gasteiger partial charge in [-0.1, -0.05) is 19.4 Å². The Morgan fingerprint density at radius 1 is 1.21 bits per heavy atom. The molecule has 4 nitrogen and oxygen atoms in total. The Kier molecular flexibility index (Phi) is 5.67. The summed E-state index contributed by atoms with van der Waals surface area (Å²) >= 11 is 0. The van der Waals surface area contributed by atoms with Gasteiger partial charge < -0.3 is 14.6 Å². The SMILES string of the molecule is CCCCN1CCC(c2ccc3[nH]c(-c4ccncc4OC)c(C)c3c2)CC1. The van der Waals surface area contributed by atoms with Crippen LogP contribution in [0.25, 0.3) is 22.2 Å². The Balaban J connectivity index is 1.59. The molecular weight excluding hydrogens is 346 g/mol. The van der Waals surface area contributed by atoms with Gasteiger partial charge in [0.2, 0.25) is 0 Å². The molecule has 0 spiro atoms. The standard InChI is InChI=1S/C24H31N3O/c1-4-5-12-27-13-9-18(10-14-27)19-6-7-22-21(15-19)17(2)24(26-22)20-8-11-25-16-23(20)28-3/h6-8,11,15-16,18,26H,4-5,9-10,12-14H2,1-3H3. The number of aromatic nitrogens is 2. The minimum absolute atomic E-state index is 0.676. The van der Waals surface area contributed by atoms with Crippen molar-refractivity contribution >= 4 is 10.9 Å². The summed E-state index contributed by atoms with van der Waals surface area (Å²) in [5.74, 6) is 1.48. The molecule has 1 aliphatic heterocycles. The number of hydrogen-bond acceptors (Lipinski definition) is 3. The molecule has 1 fully saturated rings. The van der Waals surface area contributed by atoms with E-state index in [1.54, 1.807) is 13.3 Å². The van der Waals surface area contributed by atoms with Gasteiger partial charge in [0.25, 0.3) is 0 Å². The van der Waals surface area contributed by atoms with Gasteiger partial charge in [0.1, 0.15) is 5.75 Å². The molecule has 0 atom stereocenters. The number of ether oxygens (including phenoxy) is 1. The molecule has 0 radical (unpaired) electrons. The van der Waals surface area contributed by atoms with Crippen molar-refractivity contribution in [3.8, 4) is 17.0 Å². The van der Waals surface area contributed by atoms with Crippen LogP contribution in [0.15, 0.2) is 36.7 Å². The summed E-state index contributed by atoms with van der Waals surface area (Å²) in [6.07, 6.45) is 8.74. The van der Waals surface area contributed by atoms with Crippen molar-refractivity contribution in [2.75, 3.05) is 26.7 Å². The molecule has 4 rings (SSSR count). The van der Waals surface area contributed by atoms with E-state index >= 15 is 0 Å². The minimum atomic E-state index is 0.676. The average molecular weight is 378 g/mol. The van der Waals surface area contributed by atoms with Gasteiger partial charge in [-0.3, -0.25) is 4.98 Å². The van der Waals surface area contributed by atoms with Crippen LogP contribution in [0.5, 0.6) is 5.75 Å². The fraction of sp³-hybridized carbons (Fsp3) is 0.458. The topological polar surface area (TPSA) is 41.2 Å². The highest BCUT2D eigenvalue weighted by Gasteiger charge is 2.21. The lowest BCUT2D eigenvalue weighted by atomic mass is 9.88. The number of aryl methyl sites for hydroxylation is 1. The highest BCUT2D eigenvalue weighted by atomic mass is 16.5. The van der Waals surface area contributed by atoms with Crippen LogP contribution < -0.4 is 4.74 Å². The van der Waals surface area contributed by atoms with Gasteiger partial charge in [-0.25, -0.2) is 0 Å². The van der Waals surface area contributed by atoms with Crippen molar-refractivity contribution in [2.45, 2.75) is 45.4 Å². The van der Waals surface area contributed by atoms with Gasteiger partial charge in [-0.15, -0.1) is 0 Å². The molecule has 3 heterocycles. The second-order valence-corrected chi connectivity index (χ2v) is 7.98. The third-order valence-electron chi connectivity index (χ3n) is 6.24. The number of unbranched alkanes of at least 4 members (excludes halogenated alkanes) is 1. The Morgan fingerprint density at radius 3 is 2.79 bits per heavy atom. The fourth-order valence-corrected chi connectivity index (χ4v) is 4.49. The lowest BCUT2D eigenvalue weighted by Crippen LogP contribution is -2.33. The van der Waals surface area contributed by atoms with Gasteiger partial charge in [0.15, 0.2) is 0 Å². The second kappa shape index (κ2) is 8.36. The van der Waals surface area contributed by atoms with Crippen LogP contribution >= 0.6 is 0 Å². The monoisotopic (exact) mass is 377 g/mol. The quantitative estimate of drug-likeness (QED) is 0.614. The lowest BCUT2D eigenvalue weighted by molar-refractivity contribution is 0.210. The van der Waals surface area contributed by atoms with Crippen molar-refractivity contribution in [1.29, 1.82) is 0 Å². The number of hydrogen-bond donors (Lipinski definition) is 1. The molecule has 0 saturated carbocycles. The molecule has 0 bridgehead atoms. The molecule has 1 aromatic carbocycles. The largest absolute Gasteiger partial charge is 0.494 e. The number of piperidine rings is 1. The zero-order valence-corrected chi connectivity index (χ0v) is 17.3. The number of benzene rings is 1. The molecule has 2 aromatic heterocycles. The van der Waals surface area contributed by atoms with Crippen molar-refractivity contribution < 1.29 is 4.74 Å². The Labute approximate surface area is 167 Å². The zero-order valence-electron chi connectivity index (χ0n) is 17.3. The molecule has 3 aromatic rings. The highest BCUT2D eigenvalue weighted by molar-refractivity contribution is 5.92. The molecule has 148 valence electrons. The summed E-state index contributed by atoms with van der Waals surface area (Å²) in [6, 6.07) is 8.99. The first-order valence-corrected chi connectivity index (χ1v) is 10.5. The molecule has 1 N–H and O–H groups in total. The van der Waals surface area contributed by atoms with Crippen LogP contribution in [-0.4, -0.2) is 41.6 Å². The first-order chi connectivity index (χ1) is 13.7. The average Bonchev–Trinajstić information content (AvgIpc) is 3.08. The number of nitrogens with one attached hydrogen (secondary N) is 1. The van der Waals surface area contributed by atoms with Crippen molar-refractivity contribution in [2.24, 2.45) is 0 Å². The van der Waals surface area contributed by atoms with Crippen LogP contribution in [0.3, 0.4) is 0 Å². The maximum atomic E-state index is 5.52. The van der Waals surface area contributed by atoms with E-state index in [0.29, 0.717) is 5.92 Å². The number of nitrogens with zero attached hydrogens (tertiary/aromatic N) is 2. The number of rotatable bonds is 6. The van der Waals surface area contributed by atoms with Crippen LogP contribution in [0, 0.1) is 6.92 Å². The molecule has 0 unspecified atom stereocenters. The normalized spacial score (nSPS) is 16.0. The zero-order chi connectivity index (χ0) is 19.5. The van der Waals surface area contributed by atoms with Gasteiger partial charge in [0, 0.05) is 22.7 Å². The van der Waals surface area contributed by atoms with E-state index in [-0.39, 0.29) is 0 Å². The molecule has 1 saturated heterocycles. The molecule has 0 amide bonds. The number of likely N-dealkylation sites (tertiary alicyclic amines) is 1. The van der Waals surface area contributed by atoms with Crippen molar-refractivity contribution in [3.63, 3.8) is 0 Å². The predicted molar refractivity (Wildman–Crippen MR) is 116 cm³/mol. The van der Waals surface area contributed by atoms with Gasteiger partial charge in [0.05, 0.1) is 19.0 Å². The summed E-state index contributed by atoms with van der Waals surface area (Å²) < 4.78 is 5.52. The Bertz CT molecular complexity index is 938. The first kappa shape index (κ1) is 19.0. The van der Waals surface area contributed by atoms with Crippen molar-refractivity contribution in [3.05, 3.63) is 47.8 Å². The highest BCUT2D eigenvalue weighted by Crippen LogP contribution is 2.37. The fourth-order valence-electron chi connectivity index (χ4n) is 4.49. The van der Waals surface area contributed by atoms with Gasteiger partial charge in [-0.2, -0.15) is 0 Å². The van der Waals surface area contributed by atoms with E-state index in [0.717, 1.165) is 17.0 Å². The predicted octanol–water partition coefficient (Wildman–Crippen LogP) is 5.53. The summed E-state index contributed by atoms with van der Waals surface area (Å²) in [7, 11) is 1.70. The van der Waals surface area contributed by atoms with E-state index < -0.39 is 0 Å². The van der Waals surface area contributed by atoms with E-state index in [4.69, 9.17) is 4.74 Å². The van der Waals surface area contributed by atoms with E-state index in [2.05, 4.69) is 46.9 Å². The molecule has 0 aliphatic carbocycles. The van der Waals surface area contributed by atoms with E-state index in [9.17, 15) is 0 Å². The number of methoxy groups -OCH3 is 1.